The molecule has 0 unspecified atom stereocenters. The van der Waals surface area contributed by atoms with E-state index in [2.05, 4.69) is 24.8 Å². The largest absolute Gasteiger partial charge is 0.353 e. The van der Waals surface area contributed by atoms with Crippen molar-refractivity contribution in [3.63, 3.8) is 0 Å². The van der Waals surface area contributed by atoms with Crippen LogP contribution in [-0.4, -0.2) is 48.2 Å². The van der Waals surface area contributed by atoms with Crippen molar-refractivity contribution in [2.24, 2.45) is 7.05 Å². The van der Waals surface area contributed by atoms with E-state index in [1.807, 2.05) is 19.0 Å². The third kappa shape index (κ3) is 2.03. The van der Waals surface area contributed by atoms with E-state index in [4.69, 9.17) is 0 Å². The minimum Gasteiger partial charge on any atom is -0.353 e. The molecule has 10 heteroatoms. The normalized spacial score (nSPS) is 11.2. The van der Waals surface area contributed by atoms with Crippen LogP contribution < -0.4 is 10.5 Å². The Balaban J connectivity index is 1.98. The molecular weight excluding hydrogens is 280 g/mol. The molecule has 0 fully saturated rings. The first-order chi connectivity index (χ1) is 9.56. The molecule has 0 saturated heterocycles. The summed E-state index contributed by atoms with van der Waals surface area (Å²) in [5.74, 6) is 0.540. The summed E-state index contributed by atoms with van der Waals surface area (Å²) in [6.45, 7) is 0.195. The van der Waals surface area contributed by atoms with Crippen LogP contribution in [0.2, 0.25) is 0 Å². The third-order valence-corrected chi connectivity index (χ3v) is 3.67. The number of anilines is 1. The zero-order chi connectivity index (χ0) is 14.3. The van der Waals surface area contributed by atoms with E-state index in [1.54, 1.807) is 7.05 Å². The maximum absolute atomic E-state index is 12.2. The number of rotatable bonds is 3. The second-order valence-electron chi connectivity index (χ2n) is 4.45. The standard InChI is InChI=1S/C10H12N8OS/c1-16(2)10-12-7(14-20-10)5-18-9(19)6-4-11-17(3)8(6)13-15-18/h4H,5H2,1-3H3. The fourth-order valence-corrected chi connectivity index (χ4v) is 2.30. The summed E-state index contributed by atoms with van der Waals surface area (Å²) in [4.78, 5) is 18.4. The van der Waals surface area contributed by atoms with Gasteiger partial charge in [0.2, 0.25) is 5.13 Å². The van der Waals surface area contributed by atoms with Gasteiger partial charge >= 0.3 is 0 Å². The van der Waals surface area contributed by atoms with Crippen molar-refractivity contribution in [2.75, 3.05) is 19.0 Å². The molecule has 3 aromatic heterocycles. The predicted molar refractivity (Wildman–Crippen MR) is 73.9 cm³/mol. The van der Waals surface area contributed by atoms with Gasteiger partial charge in [0.05, 0.1) is 6.20 Å². The van der Waals surface area contributed by atoms with Crippen molar-refractivity contribution in [2.45, 2.75) is 6.54 Å². The van der Waals surface area contributed by atoms with Gasteiger partial charge in [0, 0.05) is 32.7 Å². The average molecular weight is 292 g/mol. The van der Waals surface area contributed by atoms with Crippen LogP contribution in [0.25, 0.3) is 11.0 Å². The summed E-state index contributed by atoms with van der Waals surface area (Å²) in [5, 5.41) is 13.1. The maximum Gasteiger partial charge on any atom is 0.281 e. The molecule has 0 aliphatic carbocycles. The highest BCUT2D eigenvalue weighted by Gasteiger charge is 2.12. The Morgan fingerprint density at radius 2 is 2.20 bits per heavy atom. The first-order valence-electron chi connectivity index (χ1n) is 5.81. The Morgan fingerprint density at radius 3 is 2.90 bits per heavy atom. The van der Waals surface area contributed by atoms with Gasteiger partial charge in [-0.3, -0.25) is 4.79 Å². The molecule has 0 saturated carbocycles. The molecule has 0 spiro atoms. The lowest BCUT2D eigenvalue weighted by Crippen LogP contribution is -2.25. The number of aryl methyl sites for hydroxylation is 1. The SMILES string of the molecule is CN(C)c1nc(Cn2nnc3c(cnn3C)c2=O)ns1. The van der Waals surface area contributed by atoms with Crippen molar-refractivity contribution in [3.05, 3.63) is 22.4 Å². The van der Waals surface area contributed by atoms with Gasteiger partial charge in [-0.05, 0) is 0 Å². The van der Waals surface area contributed by atoms with Crippen LogP contribution >= 0.6 is 11.5 Å². The van der Waals surface area contributed by atoms with E-state index in [0.29, 0.717) is 16.9 Å². The molecule has 0 radical (unpaired) electrons. The van der Waals surface area contributed by atoms with Gasteiger partial charge in [0.15, 0.2) is 11.5 Å². The van der Waals surface area contributed by atoms with Crippen molar-refractivity contribution in [1.29, 1.82) is 0 Å². The summed E-state index contributed by atoms with van der Waals surface area (Å²) in [5.41, 5.74) is 0.218. The maximum atomic E-state index is 12.2. The third-order valence-electron chi connectivity index (χ3n) is 2.75. The Bertz CT molecular complexity index is 816. The van der Waals surface area contributed by atoms with Gasteiger partial charge in [0.25, 0.3) is 5.56 Å². The Kier molecular flexibility index (Phi) is 2.93. The smallest absolute Gasteiger partial charge is 0.281 e. The van der Waals surface area contributed by atoms with E-state index < -0.39 is 0 Å². The molecule has 0 aromatic carbocycles. The van der Waals surface area contributed by atoms with Crippen molar-refractivity contribution in [1.82, 2.24) is 34.1 Å². The van der Waals surface area contributed by atoms with Crippen LogP contribution in [-0.2, 0) is 13.6 Å². The fraction of sp³-hybridized carbons (Fsp3) is 0.400. The molecule has 3 heterocycles. The molecule has 0 aliphatic heterocycles. The topological polar surface area (TPSA) is 94.6 Å². The summed E-state index contributed by atoms with van der Waals surface area (Å²) < 4.78 is 6.95. The Hall–Kier alpha value is -2.36. The lowest BCUT2D eigenvalue weighted by molar-refractivity contribution is 0.581. The number of hydrogen-bond acceptors (Lipinski definition) is 8. The summed E-state index contributed by atoms with van der Waals surface area (Å²) in [6.07, 6.45) is 1.49. The van der Waals surface area contributed by atoms with Gasteiger partial charge in [-0.1, -0.05) is 5.21 Å². The first kappa shape index (κ1) is 12.7. The van der Waals surface area contributed by atoms with Crippen molar-refractivity contribution < 1.29 is 0 Å². The van der Waals surface area contributed by atoms with Gasteiger partial charge in [-0.25, -0.2) is 14.3 Å². The molecule has 20 heavy (non-hydrogen) atoms. The summed E-state index contributed by atoms with van der Waals surface area (Å²) in [6, 6.07) is 0. The number of hydrogen-bond donors (Lipinski definition) is 0. The molecule has 0 atom stereocenters. The molecule has 0 bridgehead atoms. The fourth-order valence-electron chi connectivity index (χ4n) is 1.70. The van der Waals surface area contributed by atoms with Crippen molar-refractivity contribution >= 4 is 27.7 Å². The molecular formula is C10H12N8OS. The van der Waals surface area contributed by atoms with Crippen LogP contribution in [0.15, 0.2) is 11.0 Å². The first-order valence-corrected chi connectivity index (χ1v) is 6.59. The van der Waals surface area contributed by atoms with E-state index in [0.717, 1.165) is 5.13 Å². The second-order valence-corrected chi connectivity index (χ2v) is 5.18. The second kappa shape index (κ2) is 4.63. The van der Waals surface area contributed by atoms with Crippen LogP contribution in [0, 0.1) is 0 Å². The highest BCUT2D eigenvalue weighted by molar-refractivity contribution is 7.09. The van der Waals surface area contributed by atoms with Crippen molar-refractivity contribution in [3.8, 4) is 0 Å². The highest BCUT2D eigenvalue weighted by Crippen LogP contribution is 2.14. The Labute approximate surface area is 117 Å². The lowest BCUT2D eigenvalue weighted by Gasteiger charge is -2.04. The van der Waals surface area contributed by atoms with Gasteiger partial charge < -0.3 is 4.90 Å². The molecule has 104 valence electrons. The lowest BCUT2D eigenvalue weighted by atomic mass is 10.4. The molecule has 9 nitrogen and oxygen atoms in total. The predicted octanol–water partition coefficient (Wildman–Crippen LogP) is -0.509. The van der Waals surface area contributed by atoms with Gasteiger partial charge in [0.1, 0.15) is 11.9 Å². The molecule has 3 rings (SSSR count). The minimum absolute atomic E-state index is 0.195. The van der Waals surface area contributed by atoms with E-state index in [1.165, 1.54) is 27.1 Å². The summed E-state index contributed by atoms with van der Waals surface area (Å²) in [7, 11) is 5.49. The highest BCUT2D eigenvalue weighted by atomic mass is 32.1. The molecule has 3 aromatic rings. The number of aromatic nitrogens is 7. The van der Waals surface area contributed by atoms with E-state index >= 15 is 0 Å². The Morgan fingerprint density at radius 1 is 1.40 bits per heavy atom. The van der Waals surface area contributed by atoms with Crippen LogP contribution in [0.4, 0.5) is 5.13 Å². The van der Waals surface area contributed by atoms with Crippen LogP contribution in [0.5, 0.6) is 0 Å². The van der Waals surface area contributed by atoms with E-state index in [9.17, 15) is 4.79 Å². The van der Waals surface area contributed by atoms with E-state index in [-0.39, 0.29) is 12.1 Å². The molecule has 0 amide bonds. The average Bonchev–Trinajstić information content (AvgIpc) is 3.01. The molecule has 0 aliphatic rings. The van der Waals surface area contributed by atoms with Gasteiger partial charge in [-0.2, -0.15) is 9.47 Å². The number of nitrogens with zero attached hydrogens (tertiary/aromatic N) is 8. The monoisotopic (exact) mass is 292 g/mol. The number of fused-ring (bicyclic) bond motifs is 1. The minimum atomic E-state index is -0.246. The van der Waals surface area contributed by atoms with Gasteiger partial charge in [-0.15, -0.1) is 5.10 Å². The van der Waals surface area contributed by atoms with Crippen LogP contribution in [0.1, 0.15) is 5.82 Å². The zero-order valence-electron chi connectivity index (χ0n) is 11.2. The zero-order valence-corrected chi connectivity index (χ0v) is 12.0. The summed E-state index contributed by atoms with van der Waals surface area (Å²) >= 11 is 1.28. The van der Waals surface area contributed by atoms with Crippen LogP contribution in [0.3, 0.4) is 0 Å². The molecule has 0 N–H and O–H groups in total. The quantitative estimate of drug-likeness (QED) is 0.641.